The van der Waals surface area contributed by atoms with Gasteiger partial charge in [-0.2, -0.15) is 0 Å². The van der Waals surface area contributed by atoms with Crippen molar-refractivity contribution in [1.82, 2.24) is 4.90 Å². The molecule has 130 valence electrons. The van der Waals surface area contributed by atoms with Crippen LogP contribution in [-0.2, 0) is 11.3 Å². The van der Waals surface area contributed by atoms with E-state index in [0.717, 1.165) is 36.3 Å². The fourth-order valence-corrected chi connectivity index (χ4v) is 3.50. The molecule has 2 aromatic rings. The molecule has 1 fully saturated rings. The van der Waals surface area contributed by atoms with Crippen LogP contribution in [0.5, 0.6) is 0 Å². The zero-order valence-electron chi connectivity index (χ0n) is 13.5. The van der Waals surface area contributed by atoms with Crippen LogP contribution in [0, 0.1) is 0 Å². The summed E-state index contributed by atoms with van der Waals surface area (Å²) in [6, 6.07) is 10.3. The molecule has 7 heteroatoms. The number of carbonyl (C=O) groups is 3. The number of nitrogens with one attached hydrogen (secondary N) is 1. The highest BCUT2D eigenvalue weighted by Gasteiger charge is 2.18. The Bertz CT molecular complexity index is 815. The van der Waals surface area contributed by atoms with E-state index >= 15 is 0 Å². The molecule has 2 N–H and O–H groups in total. The summed E-state index contributed by atoms with van der Waals surface area (Å²) < 4.78 is 0. The van der Waals surface area contributed by atoms with E-state index in [2.05, 4.69) is 5.32 Å². The lowest BCUT2D eigenvalue weighted by Crippen LogP contribution is -2.34. The largest absolute Gasteiger partial charge is 0.477 e. The molecule has 1 aliphatic rings. The summed E-state index contributed by atoms with van der Waals surface area (Å²) in [5.41, 5.74) is 1.57. The van der Waals surface area contributed by atoms with E-state index in [1.165, 1.54) is 12.1 Å². The quantitative estimate of drug-likeness (QED) is 0.859. The van der Waals surface area contributed by atoms with Crippen molar-refractivity contribution >= 4 is 34.8 Å². The van der Waals surface area contributed by atoms with Crippen molar-refractivity contribution in [3.63, 3.8) is 0 Å². The number of hydrogen-bond donors (Lipinski definition) is 2. The van der Waals surface area contributed by atoms with Gasteiger partial charge in [-0.3, -0.25) is 9.59 Å². The number of rotatable bonds is 5. The molecule has 0 atom stereocenters. The molecular weight excluding hydrogens is 340 g/mol. The molecule has 6 nitrogen and oxygen atoms in total. The Balaban J connectivity index is 1.67. The lowest BCUT2D eigenvalue weighted by molar-refractivity contribution is -0.133. The number of aromatic carboxylic acids is 1. The molecule has 0 aliphatic carbocycles. The van der Waals surface area contributed by atoms with Crippen LogP contribution in [0.15, 0.2) is 36.4 Å². The zero-order valence-corrected chi connectivity index (χ0v) is 14.3. The van der Waals surface area contributed by atoms with Gasteiger partial charge in [0, 0.05) is 25.2 Å². The Morgan fingerprint density at radius 2 is 1.96 bits per heavy atom. The second-order valence-electron chi connectivity index (χ2n) is 5.90. The van der Waals surface area contributed by atoms with E-state index < -0.39 is 5.97 Å². The van der Waals surface area contributed by atoms with Gasteiger partial charge in [-0.05, 0) is 42.7 Å². The van der Waals surface area contributed by atoms with Gasteiger partial charge in [0.2, 0.25) is 5.91 Å². The second kappa shape index (κ2) is 7.48. The number of hydrogen-bond acceptors (Lipinski definition) is 4. The number of anilines is 1. The van der Waals surface area contributed by atoms with Crippen LogP contribution < -0.4 is 5.32 Å². The van der Waals surface area contributed by atoms with Gasteiger partial charge in [-0.1, -0.05) is 12.1 Å². The van der Waals surface area contributed by atoms with Crippen LogP contribution >= 0.6 is 11.3 Å². The van der Waals surface area contributed by atoms with Gasteiger partial charge in [0.15, 0.2) is 0 Å². The molecule has 1 aliphatic heterocycles. The molecule has 25 heavy (non-hydrogen) atoms. The number of piperidine rings is 1. The van der Waals surface area contributed by atoms with Gasteiger partial charge in [0.25, 0.3) is 5.91 Å². The Labute approximate surface area is 149 Å². The first-order chi connectivity index (χ1) is 12.0. The Morgan fingerprint density at radius 1 is 1.16 bits per heavy atom. The van der Waals surface area contributed by atoms with Crippen LogP contribution in [0.25, 0.3) is 0 Å². The van der Waals surface area contributed by atoms with Crippen LogP contribution in [0.1, 0.15) is 44.2 Å². The molecular formula is C18H18N2O4S. The first-order valence-corrected chi connectivity index (χ1v) is 8.86. The van der Waals surface area contributed by atoms with E-state index in [1.807, 2.05) is 23.1 Å². The third kappa shape index (κ3) is 4.24. The predicted molar refractivity (Wildman–Crippen MR) is 94.9 cm³/mol. The molecule has 2 heterocycles. The third-order valence-corrected chi connectivity index (χ3v) is 5.09. The number of carboxylic acid groups (broad SMARTS) is 1. The van der Waals surface area contributed by atoms with Gasteiger partial charge in [-0.25, -0.2) is 4.79 Å². The van der Waals surface area contributed by atoms with Gasteiger partial charge < -0.3 is 15.3 Å². The Hall–Kier alpha value is -2.67. The zero-order chi connectivity index (χ0) is 17.8. The van der Waals surface area contributed by atoms with Crippen molar-refractivity contribution in [3.05, 3.63) is 51.7 Å². The molecule has 2 amide bonds. The standard InChI is InChI=1S/C18H18N2O4S/c21-16-6-1-2-9-20(16)11-12-4-3-5-13(10-12)19-17(22)14-7-8-15(25-14)18(23)24/h3-5,7-8,10H,1-2,6,9,11H2,(H,19,22)(H,23,24). The molecule has 0 saturated carbocycles. The van der Waals surface area contributed by atoms with Gasteiger partial charge in [-0.15, -0.1) is 11.3 Å². The summed E-state index contributed by atoms with van der Waals surface area (Å²) in [5.74, 6) is -1.22. The Kier molecular flexibility index (Phi) is 5.14. The van der Waals surface area contributed by atoms with Crippen molar-refractivity contribution in [2.24, 2.45) is 0 Å². The van der Waals surface area contributed by atoms with Gasteiger partial charge in [0.05, 0.1) is 4.88 Å². The number of benzene rings is 1. The van der Waals surface area contributed by atoms with E-state index in [1.54, 1.807) is 6.07 Å². The molecule has 1 aromatic heterocycles. The number of likely N-dealkylation sites (tertiary alicyclic amines) is 1. The van der Waals surface area contributed by atoms with Crippen molar-refractivity contribution in [2.75, 3.05) is 11.9 Å². The fraction of sp³-hybridized carbons (Fsp3) is 0.278. The van der Waals surface area contributed by atoms with Gasteiger partial charge in [0.1, 0.15) is 4.88 Å². The summed E-state index contributed by atoms with van der Waals surface area (Å²) in [4.78, 5) is 37.4. The predicted octanol–water partition coefficient (Wildman–Crippen LogP) is 3.21. The lowest BCUT2D eigenvalue weighted by atomic mass is 10.1. The van der Waals surface area contributed by atoms with Crippen LogP contribution in [0.2, 0.25) is 0 Å². The van der Waals surface area contributed by atoms with Crippen molar-refractivity contribution in [1.29, 1.82) is 0 Å². The average molecular weight is 358 g/mol. The van der Waals surface area contributed by atoms with Crippen molar-refractivity contribution in [2.45, 2.75) is 25.8 Å². The highest BCUT2D eigenvalue weighted by Crippen LogP contribution is 2.20. The maximum atomic E-state index is 12.2. The summed E-state index contributed by atoms with van der Waals surface area (Å²) in [6.45, 7) is 1.30. The highest BCUT2D eigenvalue weighted by molar-refractivity contribution is 7.15. The molecule has 3 rings (SSSR count). The van der Waals surface area contributed by atoms with Crippen molar-refractivity contribution < 1.29 is 19.5 Å². The van der Waals surface area contributed by atoms with E-state index in [0.29, 0.717) is 23.5 Å². The fourth-order valence-electron chi connectivity index (χ4n) is 2.76. The monoisotopic (exact) mass is 358 g/mol. The van der Waals surface area contributed by atoms with Crippen LogP contribution in [0.4, 0.5) is 5.69 Å². The molecule has 1 saturated heterocycles. The maximum absolute atomic E-state index is 12.2. The van der Waals surface area contributed by atoms with E-state index in [-0.39, 0.29) is 16.7 Å². The first kappa shape index (κ1) is 17.2. The Morgan fingerprint density at radius 3 is 2.68 bits per heavy atom. The van der Waals surface area contributed by atoms with Crippen molar-refractivity contribution in [3.8, 4) is 0 Å². The summed E-state index contributed by atoms with van der Waals surface area (Å²) in [5, 5.41) is 11.7. The minimum atomic E-state index is -1.04. The minimum Gasteiger partial charge on any atom is -0.477 e. The first-order valence-electron chi connectivity index (χ1n) is 8.04. The normalized spacial score (nSPS) is 14.4. The summed E-state index contributed by atoms with van der Waals surface area (Å²) in [7, 11) is 0. The molecule has 0 spiro atoms. The summed E-state index contributed by atoms with van der Waals surface area (Å²) in [6.07, 6.45) is 2.57. The molecule has 0 bridgehead atoms. The number of amides is 2. The number of carboxylic acids is 1. The SMILES string of the molecule is O=C(O)c1ccc(C(=O)Nc2cccc(CN3CCCCC3=O)c2)s1. The second-order valence-corrected chi connectivity index (χ2v) is 6.98. The number of nitrogens with zero attached hydrogens (tertiary/aromatic N) is 1. The smallest absolute Gasteiger partial charge is 0.345 e. The van der Waals surface area contributed by atoms with Gasteiger partial charge >= 0.3 is 5.97 Å². The summed E-state index contributed by atoms with van der Waals surface area (Å²) >= 11 is 0.937. The average Bonchev–Trinajstić information content (AvgIpc) is 3.08. The highest BCUT2D eigenvalue weighted by atomic mass is 32.1. The molecule has 1 aromatic carbocycles. The van der Waals surface area contributed by atoms with Crippen LogP contribution in [0.3, 0.4) is 0 Å². The molecule has 0 radical (unpaired) electrons. The number of thiophene rings is 1. The maximum Gasteiger partial charge on any atom is 0.345 e. The third-order valence-electron chi connectivity index (χ3n) is 4.02. The number of carbonyl (C=O) groups excluding carboxylic acids is 2. The van der Waals surface area contributed by atoms with Crippen LogP contribution in [-0.4, -0.2) is 34.3 Å². The minimum absolute atomic E-state index is 0.127. The lowest BCUT2D eigenvalue weighted by Gasteiger charge is -2.26. The topological polar surface area (TPSA) is 86.7 Å². The van der Waals surface area contributed by atoms with E-state index in [4.69, 9.17) is 5.11 Å². The molecule has 0 unspecified atom stereocenters. The van der Waals surface area contributed by atoms with E-state index in [9.17, 15) is 14.4 Å².